The molecule has 0 unspecified atom stereocenters. The second kappa shape index (κ2) is 6.21. The number of Topliss-reactive ketones (excluding diaryl/α,β-unsaturated/α-hetero) is 1. The largest absolute Gasteiger partial charge is 0.338 e. The van der Waals surface area contributed by atoms with E-state index in [0.717, 1.165) is 17.8 Å². The lowest BCUT2D eigenvalue weighted by atomic mass is 9.76. The minimum Gasteiger partial charge on any atom is -0.338 e. The number of carbonyl (C=O) groups is 1. The molecule has 1 aliphatic rings. The maximum atomic E-state index is 12.9. The zero-order valence-corrected chi connectivity index (χ0v) is 15.3. The molecule has 0 atom stereocenters. The van der Waals surface area contributed by atoms with Gasteiger partial charge in [-0.25, -0.2) is 14.6 Å². The Morgan fingerprint density at radius 1 is 1.12 bits per heavy atom. The summed E-state index contributed by atoms with van der Waals surface area (Å²) >= 11 is 5.95. The highest BCUT2D eigenvalue weighted by Gasteiger charge is 2.37. The first-order valence-electron chi connectivity index (χ1n) is 8.38. The number of carbonyl (C=O) groups excluding carboxylic acids is 1. The molecule has 26 heavy (non-hydrogen) atoms. The van der Waals surface area contributed by atoms with E-state index in [1.54, 1.807) is 35.3 Å². The van der Waals surface area contributed by atoms with E-state index in [1.165, 1.54) is 0 Å². The molecular formula is C19H18ClN5O. The third-order valence-corrected chi connectivity index (χ3v) is 4.65. The van der Waals surface area contributed by atoms with Crippen molar-refractivity contribution in [2.24, 2.45) is 5.41 Å². The first kappa shape index (κ1) is 16.7. The van der Waals surface area contributed by atoms with E-state index in [2.05, 4.69) is 34.2 Å². The van der Waals surface area contributed by atoms with Crippen molar-refractivity contribution in [1.82, 2.24) is 19.7 Å². The molecular weight excluding hydrogens is 350 g/mol. The van der Waals surface area contributed by atoms with Crippen molar-refractivity contribution in [3.05, 3.63) is 59.0 Å². The van der Waals surface area contributed by atoms with E-state index in [9.17, 15) is 4.79 Å². The topological polar surface area (TPSA) is 72.7 Å². The average Bonchev–Trinajstić information content (AvgIpc) is 2.95. The molecule has 7 heteroatoms. The number of nitrogens with zero attached hydrogens (tertiary/aromatic N) is 4. The van der Waals surface area contributed by atoms with Gasteiger partial charge in [0.25, 0.3) is 5.95 Å². The highest BCUT2D eigenvalue weighted by Crippen LogP contribution is 2.39. The van der Waals surface area contributed by atoms with Gasteiger partial charge >= 0.3 is 0 Å². The molecule has 0 spiro atoms. The molecule has 2 heterocycles. The van der Waals surface area contributed by atoms with E-state index < -0.39 is 0 Å². The van der Waals surface area contributed by atoms with Gasteiger partial charge in [-0.1, -0.05) is 25.4 Å². The summed E-state index contributed by atoms with van der Waals surface area (Å²) < 4.78 is 1.67. The Labute approximate surface area is 156 Å². The molecule has 0 bridgehead atoms. The Morgan fingerprint density at radius 2 is 1.81 bits per heavy atom. The third-order valence-electron chi connectivity index (χ3n) is 4.39. The Balaban J connectivity index is 1.84. The maximum Gasteiger partial charge on any atom is 0.250 e. The van der Waals surface area contributed by atoms with Crippen LogP contribution in [0.2, 0.25) is 5.02 Å². The van der Waals surface area contributed by atoms with Crippen LogP contribution in [0.15, 0.2) is 42.7 Å². The Kier molecular flexibility index (Phi) is 4.00. The van der Waals surface area contributed by atoms with Crippen molar-refractivity contribution < 1.29 is 4.79 Å². The molecule has 0 saturated carbocycles. The van der Waals surface area contributed by atoms with Crippen LogP contribution in [-0.2, 0) is 6.42 Å². The highest BCUT2D eigenvalue weighted by atomic mass is 35.5. The van der Waals surface area contributed by atoms with Gasteiger partial charge in [-0.2, -0.15) is 0 Å². The van der Waals surface area contributed by atoms with Gasteiger partial charge in [0.1, 0.15) is 0 Å². The van der Waals surface area contributed by atoms with Crippen LogP contribution in [0.1, 0.15) is 36.3 Å². The number of rotatable bonds is 3. The SMILES string of the molecule is CC1(C)CC(=O)c2c(Nc3ccc(Cl)cc3)nn(-c3ncccn3)c2C1. The average molecular weight is 368 g/mol. The van der Waals surface area contributed by atoms with E-state index >= 15 is 0 Å². The van der Waals surface area contributed by atoms with Crippen LogP contribution in [0.4, 0.5) is 11.5 Å². The van der Waals surface area contributed by atoms with Crippen LogP contribution >= 0.6 is 11.6 Å². The molecule has 1 N–H and O–H groups in total. The van der Waals surface area contributed by atoms with Gasteiger partial charge in [-0.3, -0.25) is 4.79 Å². The van der Waals surface area contributed by atoms with Crippen molar-refractivity contribution in [3.8, 4) is 5.95 Å². The van der Waals surface area contributed by atoms with Crippen molar-refractivity contribution in [2.75, 3.05) is 5.32 Å². The highest BCUT2D eigenvalue weighted by molar-refractivity contribution is 6.30. The fourth-order valence-corrected chi connectivity index (χ4v) is 3.40. The molecule has 4 rings (SSSR count). The minimum absolute atomic E-state index is 0.0786. The summed E-state index contributed by atoms with van der Waals surface area (Å²) in [6.07, 6.45) is 4.54. The molecule has 0 fully saturated rings. The lowest BCUT2D eigenvalue weighted by Crippen LogP contribution is -2.28. The molecule has 0 amide bonds. The van der Waals surface area contributed by atoms with Crippen molar-refractivity contribution in [3.63, 3.8) is 0 Å². The summed E-state index contributed by atoms with van der Waals surface area (Å²) in [5.74, 6) is 1.06. The number of nitrogens with one attached hydrogen (secondary N) is 1. The van der Waals surface area contributed by atoms with E-state index in [4.69, 9.17) is 11.6 Å². The number of benzene rings is 1. The number of hydrogen-bond donors (Lipinski definition) is 1. The predicted octanol–water partition coefficient (Wildman–Crippen LogP) is 4.21. The Bertz CT molecular complexity index is 964. The van der Waals surface area contributed by atoms with Crippen LogP contribution in [-0.4, -0.2) is 25.5 Å². The first-order valence-corrected chi connectivity index (χ1v) is 8.76. The van der Waals surface area contributed by atoms with E-state index in [-0.39, 0.29) is 11.2 Å². The molecule has 6 nitrogen and oxygen atoms in total. The van der Waals surface area contributed by atoms with Gasteiger partial charge in [-0.15, -0.1) is 5.10 Å². The van der Waals surface area contributed by atoms with Crippen LogP contribution in [0.25, 0.3) is 5.95 Å². The monoisotopic (exact) mass is 367 g/mol. The summed E-state index contributed by atoms with van der Waals surface area (Å²) in [7, 11) is 0. The summed E-state index contributed by atoms with van der Waals surface area (Å²) in [6.45, 7) is 4.17. The van der Waals surface area contributed by atoms with Crippen LogP contribution in [0.3, 0.4) is 0 Å². The maximum absolute atomic E-state index is 12.9. The molecule has 3 aromatic rings. The molecule has 2 aromatic heterocycles. The number of fused-ring (bicyclic) bond motifs is 1. The molecule has 1 aromatic carbocycles. The number of halogens is 1. The van der Waals surface area contributed by atoms with E-state index in [0.29, 0.717) is 28.8 Å². The van der Waals surface area contributed by atoms with Crippen molar-refractivity contribution in [1.29, 1.82) is 0 Å². The van der Waals surface area contributed by atoms with Gasteiger partial charge in [0.15, 0.2) is 11.6 Å². The minimum atomic E-state index is -0.131. The zero-order chi connectivity index (χ0) is 18.3. The lowest BCUT2D eigenvalue weighted by Gasteiger charge is -2.28. The zero-order valence-electron chi connectivity index (χ0n) is 14.5. The van der Waals surface area contributed by atoms with Crippen molar-refractivity contribution in [2.45, 2.75) is 26.7 Å². The Morgan fingerprint density at radius 3 is 2.50 bits per heavy atom. The number of anilines is 2. The molecule has 0 aliphatic heterocycles. The first-order chi connectivity index (χ1) is 12.4. The second-order valence-electron chi connectivity index (χ2n) is 7.20. The molecule has 1 aliphatic carbocycles. The fourth-order valence-electron chi connectivity index (χ4n) is 3.27. The fraction of sp³-hybridized carbons (Fsp3) is 0.263. The quantitative estimate of drug-likeness (QED) is 0.750. The van der Waals surface area contributed by atoms with Crippen LogP contribution in [0, 0.1) is 5.41 Å². The smallest absolute Gasteiger partial charge is 0.250 e. The second-order valence-corrected chi connectivity index (χ2v) is 7.64. The summed E-state index contributed by atoms with van der Waals surface area (Å²) in [5, 5.41) is 8.51. The summed E-state index contributed by atoms with van der Waals surface area (Å²) in [5.41, 5.74) is 2.14. The number of hydrogen-bond acceptors (Lipinski definition) is 5. The normalized spacial score (nSPS) is 15.6. The lowest BCUT2D eigenvalue weighted by molar-refractivity contribution is 0.0911. The summed E-state index contributed by atoms with van der Waals surface area (Å²) in [6, 6.07) is 9.03. The van der Waals surface area contributed by atoms with Gasteiger partial charge in [-0.05, 0) is 42.2 Å². The van der Waals surface area contributed by atoms with Crippen LogP contribution < -0.4 is 5.32 Å². The van der Waals surface area contributed by atoms with Crippen molar-refractivity contribution >= 4 is 28.9 Å². The number of ketones is 1. The molecule has 132 valence electrons. The van der Waals surface area contributed by atoms with Gasteiger partial charge < -0.3 is 5.32 Å². The van der Waals surface area contributed by atoms with Gasteiger partial charge in [0.2, 0.25) is 0 Å². The van der Waals surface area contributed by atoms with E-state index in [1.807, 2.05) is 12.1 Å². The third kappa shape index (κ3) is 3.08. The van der Waals surface area contributed by atoms with Crippen LogP contribution in [0.5, 0.6) is 0 Å². The number of aromatic nitrogens is 4. The Hall–Kier alpha value is -2.73. The predicted molar refractivity (Wildman–Crippen MR) is 100 cm³/mol. The standard InChI is InChI=1S/C19H18ClN5O/c1-19(2)10-14-16(15(26)11-19)17(23-13-6-4-12(20)5-7-13)24-25(14)18-21-8-3-9-22-18/h3-9H,10-11H2,1-2H3,(H,23,24). The molecule has 0 radical (unpaired) electrons. The van der Waals surface area contributed by atoms with Gasteiger partial charge in [0.05, 0.1) is 11.3 Å². The molecule has 0 saturated heterocycles. The van der Waals surface area contributed by atoms with Gasteiger partial charge in [0, 0.05) is 29.5 Å². The summed E-state index contributed by atoms with van der Waals surface area (Å²) in [4.78, 5) is 21.4.